The largest absolute Gasteiger partial charge is 0.489 e. The molecular weight excluding hydrogens is 294 g/mol. The summed E-state index contributed by atoms with van der Waals surface area (Å²) < 4.78 is 6.56. The lowest BCUT2D eigenvalue weighted by Crippen LogP contribution is -3.14. The second kappa shape index (κ2) is 7.12. The molecule has 1 saturated heterocycles. The lowest BCUT2D eigenvalue weighted by molar-refractivity contribution is -0.908. The highest BCUT2D eigenvalue weighted by molar-refractivity contribution is 9.10. The molecular formula is C14H21BrNO2+. The Hall–Kier alpha value is -0.580. The van der Waals surface area contributed by atoms with Crippen LogP contribution in [0.5, 0.6) is 5.75 Å². The van der Waals surface area contributed by atoms with Gasteiger partial charge < -0.3 is 14.7 Å². The maximum Gasteiger partial charge on any atom is 0.137 e. The van der Waals surface area contributed by atoms with Gasteiger partial charge in [0.1, 0.15) is 25.0 Å². The summed E-state index contributed by atoms with van der Waals surface area (Å²) >= 11 is 3.43. The Morgan fingerprint density at radius 1 is 1.22 bits per heavy atom. The predicted octanol–water partition coefficient (Wildman–Crippen LogP) is 1.26. The van der Waals surface area contributed by atoms with E-state index in [2.05, 4.69) is 15.9 Å². The fourth-order valence-electron chi connectivity index (χ4n) is 2.40. The number of quaternary nitrogens is 1. The van der Waals surface area contributed by atoms with Gasteiger partial charge >= 0.3 is 0 Å². The Balaban J connectivity index is 1.74. The number of ether oxygens (including phenoxy) is 1. The molecule has 3 nitrogen and oxygen atoms in total. The van der Waals surface area contributed by atoms with E-state index >= 15 is 0 Å². The molecule has 2 N–H and O–H groups in total. The smallest absolute Gasteiger partial charge is 0.137 e. The number of rotatable bonds is 5. The summed E-state index contributed by atoms with van der Waals surface area (Å²) in [6.07, 6.45) is 3.53. The first-order valence-corrected chi connectivity index (χ1v) is 7.44. The molecule has 1 aromatic carbocycles. The number of likely N-dealkylation sites (tertiary alicyclic amines) is 1. The topological polar surface area (TPSA) is 33.9 Å². The number of benzene rings is 1. The number of hydrogen-bond donors (Lipinski definition) is 2. The molecule has 100 valence electrons. The van der Waals surface area contributed by atoms with Crippen LogP contribution in [0.4, 0.5) is 0 Å². The van der Waals surface area contributed by atoms with Gasteiger partial charge in [-0.05, 0) is 47.3 Å². The molecule has 1 fully saturated rings. The average molecular weight is 315 g/mol. The van der Waals surface area contributed by atoms with Crippen molar-refractivity contribution in [2.45, 2.75) is 25.4 Å². The minimum Gasteiger partial charge on any atom is -0.489 e. The molecule has 1 aliphatic rings. The third-order valence-corrected chi connectivity index (χ3v) is 4.01. The van der Waals surface area contributed by atoms with Crippen molar-refractivity contribution in [2.75, 3.05) is 26.2 Å². The molecule has 1 aliphatic heterocycles. The minimum absolute atomic E-state index is 0.367. The molecule has 0 unspecified atom stereocenters. The van der Waals surface area contributed by atoms with E-state index in [1.165, 1.54) is 37.3 Å². The average Bonchev–Trinajstić information content (AvgIpc) is 2.39. The van der Waals surface area contributed by atoms with Crippen molar-refractivity contribution in [3.63, 3.8) is 0 Å². The molecule has 0 aromatic heterocycles. The van der Waals surface area contributed by atoms with Crippen LogP contribution in [-0.4, -0.2) is 37.5 Å². The number of hydrogen-bond acceptors (Lipinski definition) is 2. The van der Waals surface area contributed by atoms with Gasteiger partial charge in [-0.3, -0.25) is 0 Å². The van der Waals surface area contributed by atoms with Gasteiger partial charge in [0, 0.05) is 0 Å². The van der Waals surface area contributed by atoms with Crippen molar-refractivity contribution in [3.8, 4) is 5.75 Å². The predicted molar refractivity (Wildman–Crippen MR) is 75.1 cm³/mol. The highest BCUT2D eigenvalue weighted by atomic mass is 79.9. The van der Waals surface area contributed by atoms with Gasteiger partial charge in [0.25, 0.3) is 0 Å². The zero-order valence-electron chi connectivity index (χ0n) is 10.6. The van der Waals surface area contributed by atoms with Crippen molar-refractivity contribution in [1.29, 1.82) is 0 Å². The fraction of sp³-hybridized carbons (Fsp3) is 0.571. The number of halogens is 1. The third kappa shape index (κ3) is 4.26. The fourth-order valence-corrected chi connectivity index (χ4v) is 2.80. The SMILES string of the molecule is O[C@H](COc1ccccc1Br)C[NH+]1CCCCC1. The van der Waals surface area contributed by atoms with Crippen LogP contribution in [0.2, 0.25) is 0 Å². The molecule has 0 bridgehead atoms. The van der Waals surface area contributed by atoms with E-state index in [0.717, 1.165) is 16.8 Å². The number of aliphatic hydroxyl groups excluding tert-OH is 1. The van der Waals surface area contributed by atoms with E-state index in [1.54, 1.807) is 0 Å². The van der Waals surface area contributed by atoms with E-state index in [0.29, 0.717) is 6.61 Å². The lowest BCUT2D eigenvalue weighted by atomic mass is 10.1. The molecule has 0 amide bonds. The zero-order chi connectivity index (χ0) is 12.8. The molecule has 1 atom stereocenters. The van der Waals surface area contributed by atoms with Gasteiger partial charge in [-0.1, -0.05) is 12.1 Å². The summed E-state index contributed by atoms with van der Waals surface area (Å²) in [4.78, 5) is 1.50. The van der Waals surface area contributed by atoms with Crippen molar-refractivity contribution in [1.82, 2.24) is 0 Å². The third-order valence-electron chi connectivity index (χ3n) is 3.35. The summed E-state index contributed by atoms with van der Waals surface area (Å²) in [6, 6.07) is 7.73. The van der Waals surface area contributed by atoms with Gasteiger partial charge in [-0.2, -0.15) is 0 Å². The first kappa shape index (κ1) is 13.8. The van der Waals surface area contributed by atoms with E-state index in [-0.39, 0.29) is 6.10 Å². The molecule has 1 heterocycles. The standard InChI is InChI=1S/C14H20BrNO2/c15-13-6-2-3-7-14(13)18-11-12(17)10-16-8-4-1-5-9-16/h2-3,6-7,12,17H,1,4-5,8-11H2/p+1/t12-/m0/s1. The molecule has 0 saturated carbocycles. The molecule has 0 aliphatic carbocycles. The van der Waals surface area contributed by atoms with Gasteiger partial charge in [0.05, 0.1) is 17.6 Å². The van der Waals surface area contributed by atoms with E-state index in [4.69, 9.17) is 4.74 Å². The van der Waals surface area contributed by atoms with Gasteiger partial charge in [0.15, 0.2) is 0 Å². The molecule has 0 radical (unpaired) electrons. The van der Waals surface area contributed by atoms with Crippen LogP contribution in [0.3, 0.4) is 0 Å². The van der Waals surface area contributed by atoms with Crippen molar-refractivity contribution in [2.24, 2.45) is 0 Å². The first-order valence-electron chi connectivity index (χ1n) is 6.64. The number of piperidine rings is 1. The van der Waals surface area contributed by atoms with Crippen LogP contribution >= 0.6 is 15.9 Å². The summed E-state index contributed by atoms with van der Waals surface area (Å²) in [5.74, 6) is 0.796. The Bertz CT molecular complexity index is 367. The second-order valence-electron chi connectivity index (χ2n) is 4.91. The molecule has 1 aromatic rings. The van der Waals surface area contributed by atoms with E-state index < -0.39 is 0 Å². The maximum absolute atomic E-state index is 9.99. The highest BCUT2D eigenvalue weighted by Gasteiger charge is 2.18. The number of aliphatic hydroxyl groups is 1. The van der Waals surface area contributed by atoms with Crippen molar-refractivity contribution in [3.05, 3.63) is 28.7 Å². The summed E-state index contributed by atoms with van der Waals surface area (Å²) in [5.41, 5.74) is 0. The maximum atomic E-state index is 9.99. The summed E-state index contributed by atoms with van der Waals surface area (Å²) in [7, 11) is 0. The van der Waals surface area contributed by atoms with Crippen molar-refractivity contribution >= 4 is 15.9 Å². The number of nitrogens with one attached hydrogen (secondary N) is 1. The van der Waals surface area contributed by atoms with E-state index in [1.807, 2.05) is 24.3 Å². The Labute approximate surface area is 117 Å². The lowest BCUT2D eigenvalue weighted by Gasteiger charge is -2.25. The van der Waals surface area contributed by atoms with E-state index in [9.17, 15) is 5.11 Å². The zero-order valence-corrected chi connectivity index (χ0v) is 12.2. The Kier molecular flexibility index (Phi) is 5.47. The van der Waals surface area contributed by atoms with Gasteiger partial charge in [-0.15, -0.1) is 0 Å². The Morgan fingerprint density at radius 3 is 2.67 bits per heavy atom. The van der Waals surface area contributed by atoms with Crippen LogP contribution < -0.4 is 9.64 Å². The van der Waals surface area contributed by atoms with Crippen LogP contribution in [-0.2, 0) is 0 Å². The van der Waals surface area contributed by atoms with Gasteiger partial charge in [0.2, 0.25) is 0 Å². The van der Waals surface area contributed by atoms with Crippen LogP contribution in [0, 0.1) is 0 Å². The highest BCUT2D eigenvalue weighted by Crippen LogP contribution is 2.23. The number of para-hydroxylation sites is 1. The van der Waals surface area contributed by atoms with Crippen LogP contribution in [0.1, 0.15) is 19.3 Å². The first-order chi connectivity index (χ1) is 8.75. The minimum atomic E-state index is -0.384. The second-order valence-corrected chi connectivity index (χ2v) is 5.76. The molecule has 0 spiro atoms. The molecule has 2 rings (SSSR count). The normalized spacial score (nSPS) is 18.6. The van der Waals surface area contributed by atoms with Crippen molar-refractivity contribution < 1.29 is 14.7 Å². The Morgan fingerprint density at radius 2 is 1.94 bits per heavy atom. The summed E-state index contributed by atoms with van der Waals surface area (Å²) in [5, 5.41) is 9.99. The molecule has 18 heavy (non-hydrogen) atoms. The molecule has 4 heteroatoms. The quantitative estimate of drug-likeness (QED) is 0.858. The van der Waals surface area contributed by atoms with Crippen LogP contribution in [0.15, 0.2) is 28.7 Å². The van der Waals surface area contributed by atoms with Crippen LogP contribution in [0.25, 0.3) is 0 Å². The van der Waals surface area contributed by atoms with Gasteiger partial charge in [-0.25, -0.2) is 0 Å². The monoisotopic (exact) mass is 314 g/mol. The summed E-state index contributed by atoms with van der Waals surface area (Å²) in [6.45, 7) is 3.54.